The maximum atomic E-state index is 13.1. The number of rotatable bonds is 4. The van der Waals surface area contributed by atoms with E-state index in [0.29, 0.717) is 5.57 Å². The molecule has 2 aliphatic rings. The lowest BCUT2D eigenvalue weighted by Gasteiger charge is -2.24. The third kappa shape index (κ3) is 2.82. The molecule has 7 nitrogen and oxygen atoms in total. The van der Waals surface area contributed by atoms with Crippen molar-refractivity contribution < 1.29 is 27.5 Å². The summed E-state index contributed by atoms with van der Waals surface area (Å²) >= 11 is 0. The monoisotopic (exact) mass is 389 g/mol. The Morgan fingerprint density at radius 3 is 2.26 bits per heavy atom. The average molecular weight is 389 g/mol. The summed E-state index contributed by atoms with van der Waals surface area (Å²) in [5, 5.41) is 9.53. The van der Waals surface area contributed by atoms with E-state index in [1.807, 2.05) is 0 Å². The van der Waals surface area contributed by atoms with Crippen LogP contribution in [0.5, 0.6) is 0 Å². The minimum absolute atomic E-state index is 0.00766. The molecule has 2 atom stereocenters. The number of carbonyl (C=O) groups excluding carboxylic acids is 2. The smallest absolute Gasteiger partial charge is 0.323 e. The molecule has 0 spiro atoms. The summed E-state index contributed by atoms with van der Waals surface area (Å²) < 4.78 is 35.9. The van der Waals surface area contributed by atoms with E-state index in [0.717, 1.165) is 0 Å². The summed E-state index contributed by atoms with van der Waals surface area (Å²) in [5.74, 6) is -2.67. The molecule has 1 aromatic carbocycles. The topological polar surface area (TPSA) is 111 Å². The molecule has 1 aromatic rings. The Morgan fingerprint density at radius 1 is 1.15 bits per heavy atom. The van der Waals surface area contributed by atoms with Crippen LogP contribution in [0.25, 0.3) is 0 Å². The van der Waals surface area contributed by atoms with Crippen molar-refractivity contribution in [2.45, 2.75) is 24.2 Å². The predicted molar refractivity (Wildman–Crippen MR) is 93.6 cm³/mol. The standard InChI is InChI=1S/C19H19NO6S/c1-25-17(21)19(18(22)26-2)9-14-12(11-20)8-16(15(14)10-19)27(23,24)13-6-4-3-5-7-13/h3-7,12,14H,8-10H2,1-2H3. The van der Waals surface area contributed by atoms with Gasteiger partial charge in [-0.1, -0.05) is 18.2 Å². The van der Waals surface area contributed by atoms with Gasteiger partial charge in [0.1, 0.15) is 0 Å². The Kier molecular flexibility index (Phi) is 4.82. The van der Waals surface area contributed by atoms with Crippen LogP contribution in [0.3, 0.4) is 0 Å². The number of benzene rings is 1. The van der Waals surface area contributed by atoms with Crippen molar-refractivity contribution in [2.24, 2.45) is 17.3 Å². The summed E-state index contributed by atoms with van der Waals surface area (Å²) in [6.07, 6.45) is -0.0313. The number of methoxy groups -OCH3 is 2. The number of ether oxygens (including phenoxy) is 2. The van der Waals surface area contributed by atoms with Crippen LogP contribution >= 0.6 is 0 Å². The molecule has 0 bridgehead atoms. The molecule has 142 valence electrons. The van der Waals surface area contributed by atoms with Crippen molar-refractivity contribution >= 4 is 21.8 Å². The van der Waals surface area contributed by atoms with E-state index in [1.54, 1.807) is 18.2 Å². The molecule has 0 radical (unpaired) electrons. The van der Waals surface area contributed by atoms with Crippen molar-refractivity contribution in [1.82, 2.24) is 0 Å². The number of fused-ring (bicyclic) bond motifs is 1. The molecular weight excluding hydrogens is 370 g/mol. The van der Waals surface area contributed by atoms with E-state index in [4.69, 9.17) is 9.47 Å². The molecule has 0 aliphatic heterocycles. The molecule has 0 saturated heterocycles. The van der Waals surface area contributed by atoms with E-state index in [9.17, 15) is 23.3 Å². The van der Waals surface area contributed by atoms with Crippen LogP contribution in [0.4, 0.5) is 0 Å². The van der Waals surface area contributed by atoms with E-state index in [-0.39, 0.29) is 29.1 Å². The van der Waals surface area contributed by atoms with Gasteiger partial charge in [-0.15, -0.1) is 0 Å². The fourth-order valence-electron chi connectivity index (χ4n) is 4.14. The quantitative estimate of drug-likeness (QED) is 0.572. The first kappa shape index (κ1) is 19.1. The molecule has 2 unspecified atom stereocenters. The summed E-state index contributed by atoms with van der Waals surface area (Å²) in [7, 11) is -1.50. The van der Waals surface area contributed by atoms with Crippen molar-refractivity contribution in [1.29, 1.82) is 5.26 Å². The first-order valence-corrected chi connectivity index (χ1v) is 9.88. The predicted octanol–water partition coefficient (Wildman–Crippen LogP) is 2.00. The molecule has 0 heterocycles. The van der Waals surface area contributed by atoms with E-state index >= 15 is 0 Å². The summed E-state index contributed by atoms with van der Waals surface area (Å²) in [5.41, 5.74) is -1.16. The number of sulfone groups is 1. The molecule has 0 N–H and O–H groups in total. The number of esters is 2. The highest BCUT2D eigenvalue weighted by Crippen LogP contribution is 2.57. The van der Waals surface area contributed by atoms with Gasteiger partial charge in [0.2, 0.25) is 9.84 Å². The molecule has 3 rings (SSSR count). The summed E-state index contributed by atoms with van der Waals surface area (Å²) in [6.45, 7) is 0. The van der Waals surface area contributed by atoms with Gasteiger partial charge in [0.15, 0.2) is 5.41 Å². The average Bonchev–Trinajstić information content (AvgIpc) is 3.24. The summed E-state index contributed by atoms with van der Waals surface area (Å²) in [4.78, 5) is 25.1. The van der Waals surface area contributed by atoms with Crippen molar-refractivity contribution in [3.63, 3.8) is 0 Å². The lowest BCUT2D eigenvalue weighted by Crippen LogP contribution is -2.39. The lowest BCUT2D eigenvalue weighted by molar-refractivity contribution is -0.168. The van der Waals surface area contributed by atoms with Gasteiger partial charge in [0.25, 0.3) is 0 Å². The Hall–Kier alpha value is -2.66. The number of nitrogens with zero attached hydrogens (tertiary/aromatic N) is 1. The molecular formula is C19H19NO6S. The Morgan fingerprint density at radius 2 is 1.74 bits per heavy atom. The number of nitriles is 1. The number of allylic oxidation sites excluding steroid dienone is 2. The van der Waals surface area contributed by atoms with E-state index in [1.165, 1.54) is 26.4 Å². The zero-order valence-corrected chi connectivity index (χ0v) is 15.8. The van der Waals surface area contributed by atoms with Gasteiger partial charge < -0.3 is 9.47 Å². The second-order valence-electron chi connectivity index (χ2n) is 6.76. The van der Waals surface area contributed by atoms with Gasteiger partial charge in [0, 0.05) is 6.42 Å². The third-order valence-electron chi connectivity index (χ3n) is 5.45. The SMILES string of the molecule is COC(=O)C1(C(=O)OC)CC2=C(S(=O)(=O)c3ccccc3)CC(C#N)C2C1. The molecule has 2 aliphatic carbocycles. The highest BCUT2D eigenvalue weighted by molar-refractivity contribution is 7.95. The van der Waals surface area contributed by atoms with Crippen LogP contribution in [-0.4, -0.2) is 34.6 Å². The zero-order chi connectivity index (χ0) is 19.8. The Balaban J connectivity index is 2.15. The first-order valence-electron chi connectivity index (χ1n) is 8.40. The maximum Gasteiger partial charge on any atom is 0.323 e. The second-order valence-corrected chi connectivity index (χ2v) is 8.73. The minimum Gasteiger partial charge on any atom is -0.468 e. The van der Waals surface area contributed by atoms with Gasteiger partial charge in [-0.2, -0.15) is 5.26 Å². The van der Waals surface area contributed by atoms with Gasteiger partial charge in [0.05, 0.1) is 36.0 Å². The van der Waals surface area contributed by atoms with Gasteiger partial charge in [-0.05, 0) is 36.5 Å². The maximum absolute atomic E-state index is 13.1. The zero-order valence-electron chi connectivity index (χ0n) is 15.0. The van der Waals surface area contributed by atoms with E-state index < -0.39 is 39.0 Å². The third-order valence-corrected chi connectivity index (χ3v) is 7.42. The first-order chi connectivity index (χ1) is 12.8. The molecule has 0 amide bonds. The number of carbonyl (C=O) groups is 2. The van der Waals surface area contributed by atoms with Gasteiger partial charge in [-0.3, -0.25) is 9.59 Å². The van der Waals surface area contributed by atoms with Crippen LogP contribution in [0.2, 0.25) is 0 Å². The minimum atomic E-state index is -3.83. The van der Waals surface area contributed by atoms with Crippen LogP contribution in [-0.2, 0) is 28.9 Å². The Bertz CT molecular complexity index is 942. The van der Waals surface area contributed by atoms with Crippen molar-refractivity contribution in [3.05, 3.63) is 40.8 Å². The molecule has 1 fully saturated rings. The van der Waals surface area contributed by atoms with Crippen LogP contribution < -0.4 is 0 Å². The number of hydrogen-bond acceptors (Lipinski definition) is 7. The molecule has 0 aromatic heterocycles. The van der Waals surface area contributed by atoms with E-state index in [2.05, 4.69) is 6.07 Å². The fourth-order valence-corrected chi connectivity index (χ4v) is 5.90. The lowest BCUT2D eigenvalue weighted by atomic mass is 9.82. The molecule has 8 heteroatoms. The largest absolute Gasteiger partial charge is 0.468 e. The Labute approximate surface area is 157 Å². The van der Waals surface area contributed by atoms with Crippen molar-refractivity contribution in [3.8, 4) is 6.07 Å². The molecule has 27 heavy (non-hydrogen) atoms. The van der Waals surface area contributed by atoms with Gasteiger partial charge >= 0.3 is 11.9 Å². The van der Waals surface area contributed by atoms with Crippen LogP contribution in [0, 0.1) is 28.6 Å². The van der Waals surface area contributed by atoms with Gasteiger partial charge in [-0.25, -0.2) is 8.42 Å². The summed E-state index contributed by atoms with van der Waals surface area (Å²) in [6, 6.07) is 10.1. The van der Waals surface area contributed by atoms with Crippen molar-refractivity contribution in [2.75, 3.05) is 14.2 Å². The highest BCUT2D eigenvalue weighted by atomic mass is 32.2. The highest BCUT2D eigenvalue weighted by Gasteiger charge is 2.60. The fraction of sp³-hybridized carbons (Fsp3) is 0.421. The normalized spacial score (nSPS) is 23.4. The van der Waals surface area contributed by atoms with Crippen LogP contribution in [0.1, 0.15) is 19.3 Å². The molecule has 1 saturated carbocycles. The second kappa shape index (κ2) is 6.82. The number of hydrogen-bond donors (Lipinski definition) is 0. The van der Waals surface area contributed by atoms with Crippen LogP contribution in [0.15, 0.2) is 45.7 Å².